The first kappa shape index (κ1) is 22.1. The van der Waals surface area contributed by atoms with Gasteiger partial charge in [0.05, 0.1) is 7.11 Å². The van der Waals surface area contributed by atoms with Crippen molar-refractivity contribution in [3.8, 4) is 5.75 Å². The summed E-state index contributed by atoms with van der Waals surface area (Å²) < 4.78 is 7.11. The van der Waals surface area contributed by atoms with E-state index in [1.807, 2.05) is 49.5 Å². The fraction of sp³-hybridized carbons (Fsp3) is 0.292. The Bertz CT molecular complexity index is 1080. The lowest BCUT2D eigenvalue weighted by Crippen LogP contribution is -2.39. The molecule has 0 saturated heterocycles. The molecule has 7 heteroatoms. The molecular weight excluding hydrogens is 392 g/mol. The quantitative estimate of drug-likeness (QED) is 0.618. The zero-order valence-electron chi connectivity index (χ0n) is 18.5. The molecule has 1 unspecified atom stereocenters. The van der Waals surface area contributed by atoms with E-state index in [2.05, 4.69) is 36.4 Å². The topological polar surface area (TPSA) is 85.2 Å². The van der Waals surface area contributed by atoms with Crippen LogP contribution in [0.4, 0.5) is 5.69 Å². The number of para-hydroxylation sites is 1. The highest BCUT2D eigenvalue weighted by Gasteiger charge is 2.26. The fourth-order valence-electron chi connectivity index (χ4n) is 3.40. The molecule has 0 fully saturated rings. The average Bonchev–Trinajstić information content (AvgIpc) is 3.17. The van der Waals surface area contributed by atoms with Crippen molar-refractivity contribution in [2.75, 3.05) is 12.4 Å². The first-order valence-electron chi connectivity index (χ1n) is 10.0. The number of nitrogens with one attached hydrogen (secondary N) is 2. The highest BCUT2D eigenvalue weighted by molar-refractivity contribution is 6.39. The van der Waals surface area contributed by atoms with E-state index in [0.717, 1.165) is 11.1 Å². The van der Waals surface area contributed by atoms with Crippen LogP contribution in [0.15, 0.2) is 60.9 Å². The van der Waals surface area contributed by atoms with E-state index in [-0.39, 0.29) is 5.41 Å². The van der Waals surface area contributed by atoms with Crippen molar-refractivity contribution in [2.24, 2.45) is 7.05 Å². The Morgan fingerprint density at radius 1 is 1.06 bits per heavy atom. The molecule has 0 saturated carbocycles. The number of hydrogen-bond acceptors (Lipinski definition) is 4. The molecule has 31 heavy (non-hydrogen) atoms. The molecule has 1 atom stereocenters. The van der Waals surface area contributed by atoms with Crippen LogP contribution in [0.3, 0.4) is 0 Å². The molecule has 2 aromatic carbocycles. The Kier molecular flexibility index (Phi) is 6.44. The predicted octanol–water partition coefficient (Wildman–Crippen LogP) is 3.57. The van der Waals surface area contributed by atoms with Crippen molar-refractivity contribution >= 4 is 17.5 Å². The molecule has 1 heterocycles. The first-order chi connectivity index (χ1) is 14.7. The number of imidazole rings is 1. The van der Waals surface area contributed by atoms with E-state index in [1.54, 1.807) is 30.1 Å². The maximum atomic E-state index is 12.9. The number of anilines is 1. The summed E-state index contributed by atoms with van der Waals surface area (Å²) in [7, 11) is 3.41. The third-order valence-corrected chi connectivity index (χ3v) is 5.01. The van der Waals surface area contributed by atoms with Gasteiger partial charge in [0.2, 0.25) is 0 Å². The van der Waals surface area contributed by atoms with Gasteiger partial charge in [0.15, 0.2) is 0 Å². The molecule has 2 N–H and O–H groups in total. The second kappa shape index (κ2) is 9.04. The van der Waals surface area contributed by atoms with Crippen LogP contribution in [0.5, 0.6) is 5.75 Å². The summed E-state index contributed by atoms with van der Waals surface area (Å²) in [4.78, 5) is 30.0. The molecule has 0 aliphatic carbocycles. The zero-order chi connectivity index (χ0) is 22.6. The Hall–Kier alpha value is -3.61. The molecule has 2 amide bonds. The highest BCUT2D eigenvalue weighted by atomic mass is 16.5. The summed E-state index contributed by atoms with van der Waals surface area (Å²) in [6.07, 6.45) is 3.43. The van der Waals surface area contributed by atoms with Crippen molar-refractivity contribution in [3.05, 3.63) is 77.9 Å². The third kappa shape index (κ3) is 5.12. The van der Waals surface area contributed by atoms with Gasteiger partial charge >= 0.3 is 11.8 Å². The fourth-order valence-corrected chi connectivity index (χ4v) is 3.40. The lowest BCUT2D eigenvalue weighted by molar-refractivity contribution is -0.136. The molecule has 7 nitrogen and oxygen atoms in total. The largest absolute Gasteiger partial charge is 0.497 e. The molecule has 3 rings (SSSR count). The molecule has 1 aromatic heterocycles. The summed E-state index contributed by atoms with van der Waals surface area (Å²) >= 11 is 0. The maximum absolute atomic E-state index is 12.9. The van der Waals surface area contributed by atoms with Crippen molar-refractivity contribution in [1.82, 2.24) is 14.9 Å². The molecule has 0 aliphatic rings. The Morgan fingerprint density at radius 3 is 2.45 bits per heavy atom. The van der Waals surface area contributed by atoms with Crippen LogP contribution in [0.1, 0.15) is 43.8 Å². The van der Waals surface area contributed by atoms with Crippen LogP contribution >= 0.6 is 0 Å². The number of aryl methyl sites for hydroxylation is 1. The van der Waals surface area contributed by atoms with Crippen molar-refractivity contribution in [2.45, 2.75) is 32.2 Å². The van der Waals surface area contributed by atoms with Crippen molar-refractivity contribution in [1.29, 1.82) is 0 Å². The van der Waals surface area contributed by atoms with Gasteiger partial charge in [-0.1, -0.05) is 51.1 Å². The monoisotopic (exact) mass is 420 g/mol. The second-order valence-electron chi connectivity index (χ2n) is 8.33. The predicted molar refractivity (Wildman–Crippen MR) is 120 cm³/mol. The molecule has 0 aliphatic heterocycles. The first-order valence-corrected chi connectivity index (χ1v) is 10.0. The summed E-state index contributed by atoms with van der Waals surface area (Å²) in [6, 6.07) is 14.2. The van der Waals surface area contributed by atoms with Gasteiger partial charge in [-0.3, -0.25) is 9.59 Å². The second-order valence-corrected chi connectivity index (χ2v) is 8.33. The van der Waals surface area contributed by atoms with Crippen LogP contribution in [0.2, 0.25) is 0 Å². The minimum Gasteiger partial charge on any atom is -0.497 e. The smallest absolute Gasteiger partial charge is 0.313 e. The van der Waals surface area contributed by atoms with Gasteiger partial charge in [0.1, 0.15) is 17.6 Å². The van der Waals surface area contributed by atoms with E-state index in [9.17, 15) is 9.59 Å². The van der Waals surface area contributed by atoms with E-state index < -0.39 is 17.9 Å². The summed E-state index contributed by atoms with van der Waals surface area (Å²) in [5.74, 6) is -0.239. The normalized spacial score (nSPS) is 12.2. The van der Waals surface area contributed by atoms with E-state index in [0.29, 0.717) is 17.3 Å². The highest BCUT2D eigenvalue weighted by Crippen LogP contribution is 2.29. The Balaban J connectivity index is 1.86. The van der Waals surface area contributed by atoms with Gasteiger partial charge in [-0.2, -0.15) is 0 Å². The minimum absolute atomic E-state index is 0.184. The van der Waals surface area contributed by atoms with Gasteiger partial charge in [-0.25, -0.2) is 4.98 Å². The number of nitrogens with zero attached hydrogens (tertiary/aromatic N) is 2. The Labute approximate surface area is 182 Å². The molecule has 0 bridgehead atoms. The van der Waals surface area contributed by atoms with Crippen molar-refractivity contribution in [3.63, 3.8) is 0 Å². The number of amides is 2. The number of rotatable bonds is 5. The number of hydrogen-bond donors (Lipinski definition) is 2. The molecule has 3 aromatic rings. The van der Waals surface area contributed by atoms with Crippen LogP contribution in [0, 0.1) is 0 Å². The maximum Gasteiger partial charge on any atom is 0.313 e. The standard InChI is InChI=1S/C24H28N4O3/c1-24(2,3)18-11-6-7-12-19(18)26-22(29)23(30)27-20(21-25-13-14-28(21)4)16-9-8-10-17(15-16)31-5/h6-15,20H,1-5H3,(H,26,29)(H,27,30). The summed E-state index contributed by atoms with van der Waals surface area (Å²) in [6.45, 7) is 6.16. The number of carbonyl (C=O) groups excluding carboxylic acids is 2. The molecule has 0 spiro atoms. The zero-order valence-corrected chi connectivity index (χ0v) is 18.5. The number of methoxy groups -OCH3 is 1. The van der Waals surface area contributed by atoms with Gasteiger partial charge < -0.3 is 19.9 Å². The summed E-state index contributed by atoms with van der Waals surface area (Å²) in [5.41, 5.74) is 2.13. The minimum atomic E-state index is -0.750. The molecule has 0 radical (unpaired) electrons. The lowest BCUT2D eigenvalue weighted by atomic mass is 9.86. The molecular formula is C24H28N4O3. The third-order valence-electron chi connectivity index (χ3n) is 5.01. The number of benzene rings is 2. The number of carbonyl (C=O) groups is 2. The van der Waals surface area contributed by atoms with Crippen molar-refractivity contribution < 1.29 is 14.3 Å². The summed E-state index contributed by atoms with van der Waals surface area (Å²) in [5, 5.41) is 5.57. The number of aromatic nitrogens is 2. The lowest BCUT2D eigenvalue weighted by Gasteiger charge is -2.23. The van der Waals surface area contributed by atoms with E-state index in [4.69, 9.17) is 4.74 Å². The Morgan fingerprint density at radius 2 is 1.81 bits per heavy atom. The average molecular weight is 421 g/mol. The van der Waals surface area contributed by atoms with E-state index >= 15 is 0 Å². The van der Waals surface area contributed by atoms with Gasteiger partial charge in [-0.15, -0.1) is 0 Å². The van der Waals surface area contributed by atoms with Crippen LogP contribution in [0.25, 0.3) is 0 Å². The van der Waals surface area contributed by atoms with Gasteiger partial charge in [-0.05, 0) is 34.7 Å². The van der Waals surface area contributed by atoms with Gasteiger partial charge in [0, 0.05) is 25.1 Å². The number of ether oxygens (including phenoxy) is 1. The SMILES string of the molecule is COc1cccc(C(NC(=O)C(=O)Nc2ccccc2C(C)(C)C)c2nccn2C)c1. The van der Waals surface area contributed by atoms with Gasteiger partial charge in [0.25, 0.3) is 0 Å². The van der Waals surface area contributed by atoms with Crippen LogP contribution in [-0.4, -0.2) is 28.5 Å². The molecule has 162 valence electrons. The van der Waals surface area contributed by atoms with Crippen LogP contribution < -0.4 is 15.4 Å². The van der Waals surface area contributed by atoms with Crippen LogP contribution in [-0.2, 0) is 22.1 Å². The van der Waals surface area contributed by atoms with E-state index in [1.165, 1.54) is 0 Å².